The van der Waals surface area contributed by atoms with Crippen LogP contribution in [0.4, 0.5) is 5.82 Å². The highest BCUT2D eigenvalue weighted by atomic mass is 32.2. The van der Waals surface area contributed by atoms with E-state index in [1.54, 1.807) is 4.88 Å². The van der Waals surface area contributed by atoms with Crippen LogP contribution in [0.2, 0.25) is 0 Å². The molecule has 0 atom stereocenters. The van der Waals surface area contributed by atoms with Crippen molar-refractivity contribution in [1.29, 1.82) is 0 Å². The molecule has 0 aromatic carbocycles. The molecule has 1 aliphatic rings. The van der Waals surface area contributed by atoms with Gasteiger partial charge >= 0.3 is 0 Å². The molecule has 2 heterocycles. The van der Waals surface area contributed by atoms with E-state index in [2.05, 4.69) is 19.2 Å². The maximum atomic E-state index is 4.84. The van der Waals surface area contributed by atoms with Crippen molar-refractivity contribution >= 4 is 39.1 Å². The molecule has 3 nitrogen and oxygen atoms in total. The van der Waals surface area contributed by atoms with Crippen molar-refractivity contribution < 1.29 is 0 Å². The van der Waals surface area contributed by atoms with Gasteiger partial charge in [-0.15, -0.1) is 11.3 Å². The van der Waals surface area contributed by atoms with Crippen molar-refractivity contribution in [2.24, 2.45) is 0 Å². The summed E-state index contributed by atoms with van der Waals surface area (Å²) in [5, 5.41) is 4.77. The van der Waals surface area contributed by atoms with Crippen molar-refractivity contribution in [2.75, 3.05) is 17.6 Å². The average Bonchev–Trinajstić information content (AvgIpc) is 2.86. The van der Waals surface area contributed by atoms with Crippen LogP contribution in [0.15, 0.2) is 0 Å². The normalized spacial score (nSPS) is 14.4. The zero-order chi connectivity index (χ0) is 14.7. The number of aryl methyl sites for hydroxylation is 2. The van der Waals surface area contributed by atoms with Gasteiger partial charge in [0.2, 0.25) is 0 Å². The van der Waals surface area contributed by atoms with E-state index < -0.39 is 0 Å². The zero-order valence-corrected chi connectivity index (χ0v) is 14.5. The lowest BCUT2D eigenvalue weighted by Gasteiger charge is -2.12. The Labute approximate surface area is 135 Å². The van der Waals surface area contributed by atoms with Crippen LogP contribution in [0.5, 0.6) is 0 Å². The number of fused-ring (bicyclic) bond motifs is 3. The van der Waals surface area contributed by atoms with Gasteiger partial charge in [0.15, 0.2) is 0 Å². The van der Waals surface area contributed by atoms with E-state index in [1.165, 1.54) is 53.6 Å². The summed E-state index contributed by atoms with van der Waals surface area (Å²) in [6.07, 6.45) is 6.25. The fraction of sp³-hybridized carbons (Fsp3) is 0.625. The van der Waals surface area contributed by atoms with E-state index in [9.17, 15) is 0 Å². The summed E-state index contributed by atoms with van der Waals surface area (Å²) < 4.78 is 0. The second-order valence-corrected chi connectivity index (χ2v) is 7.65. The minimum Gasteiger partial charge on any atom is -0.370 e. The number of thioether (sulfide) groups is 1. The molecule has 1 N–H and O–H groups in total. The van der Waals surface area contributed by atoms with Gasteiger partial charge in [-0.2, -0.15) is 11.8 Å². The molecule has 0 aliphatic heterocycles. The molecule has 1 aliphatic carbocycles. The number of nitrogens with zero attached hydrogens (tertiary/aromatic N) is 2. The molecule has 3 rings (SSSR count). The Bertz CT molecular complexity index is 621. The zero-order valence-electron chi connectivity index (χ0n) is 12.9. The minimum absolute atomic E-state index is 0.915. The summed E-state index contributed by atoms with van der Waals surface area (Å²) in [5.41, 5.74) is 1.52. The topological polar surface area (TPSA) is 37.8 Å². The van der Waals surface area contributed by atoms with Crippen LogP contribution in [0, 0.1) is 0 Å². The molecule has 0 unspecified atom stereocenters. The summed E-state index contributed by atoms with van der Waals surface area (Å²) >= 11 is 3.82. The third-order valence-corrected chi connectivity index (χ3v) is 6.13. The summed E-state index contributed by atoms with van der Waals surface area (Å²) in [5.74, 6) is 4.15. The summed E-state index contributed by atoms with van der Waals surface area (Å²) in [6, 6.07) is 0. The largest absolute Gasteiger partial charge is 0.370 e. The van der Waals surface area contributed by atoms with E-state index in [0.717, 1.165) is 23.9 Å². The molecule has 0 fully saturated rings. The van der Waals surface area contributed by atoms with Gasteiger partial charge in [-0.25, -0.2) is 9.97 Å². The number of anilines is 1. The Morgan fingerprint density at radius 3 is 2.86 bits per heavy atom. The van der Waals surface area contributed by atoms with Gasteiger partial charge in [0, 0.05) is 11.4 Å². The van der Waals surface area contributed by atoms with Gasteiger partial charge in [0.05, 0.1) is 11.1 Å². The van der Waals surface area contributed by atoms with E-state index in [-0.39, 0.29) is 0 Å². The Kier molecular flexibility index (Phi) is 5.01. The number of thiophene rings is 1. The minimum atomic E-state index is 0.915. The van der Waals surface area contributed by atoms with Crippen LogP contribution in [0.25, 0.3) is 10.2 Å². The van der Waals surface area contributed by atoms with Crippen LogP contribution in [0.3, 0.4) is 0 Å². The second-order valence-electron chi connectivity index (χ2n) is 5.46. The lowest BCUT2D eigenvalue weighted by molar-refractivity contribution is 0.700. The van der Waals surface area contributed by atoms with Gasteiger partial charge in [0.25, 0.3) is 0 Å². The summed E-state index contributed by atoms with van der Waals surface area (Å²) in [4.78, 5) is 12.4. The SMILES string of the molecule is CCCSCc1nc(NCC)c2c3c(sc2n1)CCCC3. The third kappa shape index (κ3) is 3.19. The van der Waals surface area contributed by atoms with Crippen LogP contribution >= 0.6 is 23.1 Å². The van der Waals surface area contributed by atoms with Crippen molar-refractivity contribution in [3.63, 3.8) is 0 Å². The molecule has 114 valence electrons. The maximum Gasteiger partial charge on any atom is 0.142 e. The van der Waals surface area contributed by atoms with Crippen LogP contribution in [-0.4, -0.2) is 22.3 Å². The molecule has 0 bridgehead atoms. The summed E-state index contributed by atoms with van der Waals surface area (Å²) in [6.45, 7) is 5.27. The molecule has 0 spiro atoms. The second kappa shape index (κ2) is 6.97. The highest BCUT2D eigenvalue weighted by molar-refractivity contribution is 7.98. The highest BCUT2D eigenvalue weighted by Gasteiger charge is 2.20. The molecule has 0 radical (unpaired) electrons. The smallest absolute Gasteiger partial charge is 0.142 e. The van der Waals surface area contributed by atoms with E-state index in [4.69, 9.17) is 9.97 Å². The predicted octanol–water partition coefficient (Wildman–Crippen LogP) is 4.65. The van der Waals surface area contributed by atoms with Crippen LogP contribution < -0.4 is 5.32 Å². The Hall–Kier alpha value is -0.810. The molecular formula is C16H23N3S2. The van der Waals surface area contributed by atoms with E-state index in [0.29, 0.717) is 0 Å². The lowest BCUT2D eigenvalue weighted by atomic mass is 9.97. The van der Waals surface area contributed by atoms with E-state index in [1.807, 2.05) is 23.1 Å². The lowest BCUT2D eigenvalue weighted by Crippen LogP contribution is -2.05. The predicted molar refractivity (Wildman–Crippen MR) is 94.7 cm³/mol. The van der Waals surface area contributed by atoms with Gasteiger partial charge in [-0.05, 0) is 50.3 Å². The Balaban J connectivity index is 2.00. The number of nitrogens with one attached hydrogen (secondary N) is 1. The molecule has 0 saturated carbocycles. The molecule has 2 aromatic heterocycles. The Morgan fingerprint density at radius 1 is 1.19 bits per heavy atom. The molecule has 2 aromatic rings. The number of aromatic nitrogens is 2. The average molecular weight is 322 g/mol. The fourth-order valence-corrected chi connectivity index (χ4v) is 4.89. The quantitative estimate of drug-likeness (QED) is 0.786. The first-order chi connectivity index (χ1) is 10.3. The monoisotopic (exact) mass is 321 g/mol. The van der Waals surface area contributed by atoms with Crippen LogP contribution in [0.1, 0.15) is 49.4 Å². The first-order valence-corrected chi connectivity index (χ1v) is 9.93. The van der Waals surface area contributed by atoms with Gasteiger partial charge < -0.3 is 5.32 Å². The maximum absolute atomic E-state index is 4.84. The standard InChI is InChI=1S/C16H23N3S2/c1-3-9-20-10-13-18-15(17-4-2)14-11-7-5-6-8-12(11)21-16(14)19-13/h3-10H2,1-2H3,(H,17,18,19). The number of rotatable bonds is 6. The molecule has 21 heavy (non-hydrogen) atoms. The molecule has 0 saturated heterocycles. The fourth-order valence-electron chi connectivity index (χ4n) is 2.87. The third-order valence-electron chi connectivity index (χ3n) is 3.78. The highest BCUT2D eigenvalue weighted by Crippen LogP contribution is 2.38. The summed E-state index contributed by atoms with van der Waals surface area (Å²) in [7, 11) is 0. The number of hydrogen-bond donors (Lipinski definition) is 1. The first kappa shape index (κ1) is 15.1. The first-order valence-electron chi connectivity index (χ1n) is 7.96. The van der Waals surface area contributed by atoms with Crippen molar-refractivity contribution in [3.8, 4) is 0 Å². The molecule has 5 heteroatoms. The van der Waals surface area contributed by atoms with Gasteiger partial charge in [-0.3, -0.25) is 0 Å². The van der Waals surface area contributed by atoms with Crippen molar-refractivity contribution in [2.45, 2.75) is 51.7 Å². The van der Waals surface area contributed by atoms with Gasteiger partial charge in [0.1, 0.15) is 16.5 Å². The van der Waals surface area contributed by atoms with Crippen LogP contribution in [-0.2, 0) is 18.6 Å². The molecular weight excluding hydrogens is 298 g/mol. The number of hydrogen-bond acceptors (Lipinski definition) is 5. The molecule has 0 amide bonds. The van der Waals surface area contributed by atoms with Gasteiger partial charge in [-0.1, -0.05) is 6.92 Å². The van der Waals surface area contributed by atoms with Crippen molar-refractivity contribution in [3.05, 3.63) is 16.3 Å². The Morgan fingerprint density at radius 2 is 2.05 bits per heavy atom. The van der Waals surface area contributed by atoms with E-state index >= 15 is 0 Å². The van der Waals surface area contributed by atoms with Crippen molar-refractivity contribution in [1.82, 2.24) is 9.97 Å².